The first kappa shape index (κ1) is 11.3. The Morgan fingerprint density at radius 3 is 2.62 bits per heavy atom. The Bertz CT molecular complexity index is 153. The summed E-state index contributed by atoms with van der Waals surface area (Å²) in [6, 6.07) is 0. The van der Waals surface area contributed by atoms with E-state index in [1.54, 1.807) is 0 Å². The summed E-state index contributed by atoms with van der Waals surface area (Å²) in [4.78, 5) is 10.8. The molecule has 1 aliphatic rings. The van der Waals surface area contributed by atoms with Gasteiger partial charge in [-0.05, 0) is 12.3 Å². The third-order valence-electron chi connectivity index (χ3n) is 2.62. The zero-order valence-corrected chi connectivity index (χ0v) is 10.1. The van der Waals surface area contributed by atoms with Crippen LogP contribution in [0.4, 0.5) is 0 Å². The summed E-state index contributed by atoms with van der Waals surface area (Å²) in [6.07, 6.45) is 7.87. The third kappa shape index (κ3) is 4.84. The molecule has 0 aliphatic heterocycles. The molecule has 0 aromatic carbocycles. The minimum absolute atomic E-state index is 0.0728. The molecule has 0 unspecified atom stereocenters. The van der Waals surface area contributed by atoms with Gasteiger partial charge in [0, 0.05) is 0 Å². The van der Waals surface area contributed by atoms with E-state index in [0.29, 0.717) is 11.0 Å². The second-order valence-corrected chi connectivity index (χ2v) is 4.41. The fraction of sp³-hybridized carbons (Fsp3) is 0.900. The van der Waals surface area contributed by atoms with Crippen molar-refractivity contribution in [2.45, 2.75) is 38.5 Å². The van der Waals surface area contributed by atoms with E-state index in [4.69, 9.17) is 4.74 Å². The Morgan fingerprint density at radius 1 is 1.31 bits per heavy atom. The number of carbonyl (C=O) groups is 1. The van der Waals surface area contributed by atoms with Crippen LogP contribution in [0.2, 0.25) is 0 Å². The van der Waals surface area contributed by atoms with Crippen molar-refractivity contribution in [1.82, 2.24) is 0 Å². The molecule has 0 amide bonds. The summed E-state index contributed by atoms with van der Waals surface area (Å²) >= 11 is 2.03. The van der Waals surface area contributed by atoms with Gasteiger partial charge in [0.1, 0.15) is 0 Å². The first-order valence-electron chi connectivity index (χ1n) is 5.04. The van der Waals surface area contributed by atoms with Gasteiger partial charge in [0.05, 0.1) is 11.0 Å². The Hall–Kier alpha value is 0.200. The largest absolute Gasteiger partial charge is 0.465 e. The first-order valence-corrected chi connectivity index (χ1v) is 6.57. The summed E-state index contributed by atoms with van der Waals surface area (Å²) in [7, 11) is 0. The van der Waals surface area contributed by atoms with Crippen molar-refractivity contribution in [2.24, 2.45) is 5.92 Å². The molecule has 76 valence electrons. The van der Waals surface area contributed by atoms with Gasteiger partial charge in [-0.2, -0.15) is 0 Å². The van der Waals surface area contributed by atoms with Crippen molar-refractivity contribution in [2.75, 3.05) is 11.0 Å². The maximum atomic E-state index is 10.8. The predicted molar refractivity (Wildman–Crippen MR) is 61.0 cm³/mol. The van der Waals surface area contributed by atoms with Crippen LogP contribution in [0.25, 0.3) is 0 Å². The SMILES string of the molecule is O=C(CI)OCCC1CCCCC1. The average Bonchev–Trinajstić information content (AvgIpc) is 2.19. The molecule has 0 aromatic rings. The van der Waals surface area contributed by atoms with Crippen LogP contribution in [0.3, 0.4) is 0 Å². The molecule has 0 bridgehead atoms. The molecule has 0 aromatic heterocycles. The van der Waals surface area contributed by atoms with Crippen molar-refractivity contribution >= 4 is 28.6 Å². The highest BCUT2D eigenvalue weighted by Crippen LogP contribution is 2.25. The molecular formula is C10H17IO2. The van der Waals surface area contributed by atoms with Crippen LogP contribution < -0.4 is 0 Å². The smallest absolute Gasteiger partial charge is 0.315 e. The zero-order valence-electron chi connectivity index (χ0n) is 7.93. The van der Waals surface area contributed by atoms with Gasteiger partial charge in [-0.25, -0.2) is 0 Å². The van der Waals surface area contributed by atoms with E-state index in [1.165, 1.54) is 32.1 Å². The van der Waals surface area contributed by atoms with E-state index in [9.17, 15) is 4.79 Å². The Labute approximate surface area is 93.6 Å². The van der Waals surface area contributed by atoms with Gasteiger partial charge in [0.2, 0.25) is 0 Å². The normalized spacial score (nSPS) is 18.5. The van der Waals surface area contributed by atoms with Gasteiger partial charge in [-0.3, -0.25) is 4.79 Å². The van der Waals surface area contributed by atoms with Crippen LogP contribution in [0.5, 0.6) is 0 Å². The van der Waals surface area contributed by atoms with E-state index in [2.05, 4.69) is 0 Å². The average molecular weight is 296 g/mol. The molecule has 3 heteroatoms. The highest BCUT2D eigenvalue weighted by Gasteiger charge is 2.13. The lowest BCUT2D eigenvalue weighted by molar-refractivity contribution is -0.140. The van der Waals surface area contributed by atoms with Gasteiger partial charge < -0.3 is 4.74 Å². The number of hydrogen-bond acceptors (Lipinski definition) is 2. The van der Waals surface area contributed by atoms with E-state index < -0.39 is 0 Å². The number of rotatable bonds is 4. The van der Waals surface area contributed by atoms with E-state index in [0.717, 1.165) is 12.3 Å². The lowest BCUT2D eigenvalue weighted by Crippen LogP contribution is -2.12. The third-order valence-corrected chi connectivity index (χ3v) is 3.25. The number of esters is 1. The Balaban J connectivity index is 2.01. The molecule has 1 fully saturated rings. The van der Waals surface area contributed by atoms with E-state index in [-0.39, 0.29) is 5.97 Å². The number of carbonyl (C=O) groups excluding carboxylic acids is 1. The van der Waals surface area contributed by atoms with Crippen LogP contribution in [-0.4, -0.2) is 17.0 Å². The molecular weight excluding hydrogens is 279 g/mol. The highest BCUT2D eigenvalue weighted by atomic mass is 127. The second kappa shape index (κ2) is 6.62. The summed E-state index contributed by atoms with van der Waals surface area (Å²) in [5, 5.41) is 0. The molecule has 0 heterocycles. The van der Waals surface area contributed by atoms with Crippen molar-refractivity contribution in [3.8, 4) is 0 Å². The van der Waals surface area contributed by atoms with Gasteiger partial charge in [0.15, 0.2) is 0 Å². The van der Waals surface area contributed by atoms with Gasteiger partial charge >= 0.3 is 5.97 Å². The Morgan fingerprint density at radius 2 is 2.00 bits per heavy atom. The van der Waals surface area contributed by atoms with Crippen molar-refractivity contribution in [1.29, 1.82) is 0 Å². The quantitative estimate of drug-likeness (QED) is 0.453. The van der Waals surface area contributed by atoms with Crippen LogP contribution >= 0.6 is 22.6 Å². The molecule has 1 rings (SSSR count). The van der Waals surface area contributed by atoms with Crippen LogP contribution in [0.1, 0.15) is 38.5 Å². The summed E-state index contributed by atoms with van der Waals surface area (Å²) < 4.78 is 5.52. The molecule has 0 spiro atoms. The Kier molecular flexibility index (Phi) is 5.75. The van der Waals surface area contributed by atoms with E-state index >= 15 is 0 Å². The zero-order chi connectivity index (χ0) is 9.52. The fourth-order valence-corrected chi connectivity index (χ4v) is 2.07. The van der Waals surface area contributed by atoms with Crippen LogP contribution in [0.15, 0.2) is 0 Å². The standard InChI is InChI=1S/C10H17IO2/c11-8-10(12)13-7-6-9-4-2-1-3-5-9/h9H,1-8H2. The minimum Gasteiger partial charge on any atom is -0.465 e. The molecule has 0 N–H and O–H groups in total. The van der Waals surface area contributed by atoms with Crippen molar-refractivity contribution in [3.63, 3.8) is 0 Å². The maximum absolute atomic E-state index is 10.8. The molecule has 0 atom stereocenters. The lowest BCUT2D eigenvalue weighted by Gasteiger charge is -2.20. The summed E-state index contributed by atoms with van der Waals surface area (Å²) in [5.74, 6) is 0.743. The molecule has 13 heavy (non-hydrogen) atoms. The summed E-state index contributed by atoms with van der Waals surface area (Å²) in [5.41, 5.74) is 0. The van der Waals surface area contributed by atoms with Crippen LogP contribution in [0, 0.1) is 5.92 Å². The minimum atomic E-state index is -0.0728. The monoisotopic (exact) mass is 296 g/mol. The van der Waals surface area contributed by atoms with Crippen molar-refractivity contribution in [3.05, 3.63) is 0 Å². The van der Waals surface area contributed by atoms with Gasteiger partial charge in [-0.15, -0.1) is 0 Å². The summed E-state index contributed by atoms with van der Waals surface area (Å²) in [6.45, 7) is 0.631. The van der Waals surface area contributed by atoms with Gasteiger partial charge in [-0.1, -0.05) is 54.7 Å². The fourth-order valence-electron chi connectivity index (χ4n) is 1.85. The number of alkyl halides is 1. The second-order valence-electron chi connectivity index (χ2n) is 3.65. The van der Waals surface area contributed by atoms with Gasteiger partial charge in [0.25, 0.3) is 0 Å². The topological polar surface area (TPSA) is 26.3 Å². The maximum Gasteiger partial charge on any atom is 0.315 e. The molecule has 0 saturated heterocycles. The predicted octanol–water partition coefficient (Wildman–Crippen LogP) is 2.94. The van der Waals surface area contributed by atoms with Crippen molar-refractivity contribution < 1.29 is 9.53 Å². The lowest BCUT2D eigenvalue weighted by atomic mass is 9.87. The highest BCUT2D eigenvalue weighted by molar-refractivity contribution is 14.1. The van der Waals surface area contributed by atoms with Crippen LogP contribution in [-0.2, 0) is 9.53 Å². The number of ether oxygens (including phenoxy) is 1. The molecule has 2 nitrogen and oxygen atoms in total. The molecule has 0 radical (unpaired) electrons. The molecule has 1 saturated carbocycles. The number of hydrogen-bond donors (Lipinski definition) is 0. The first-order chi connectivity index (χ1) is 6.33. The molecule has 1 aliphatic carbocycles. The number of halogens is 1. The van der Waals surface area contributed by atoms with E-state index in [1.807, 2.05) is 22.6 Å².